The topological polar surface area (TPSA) is 67.1 Å². The van der Waals surface area contributed by atoms with Crippen molar-refractivity contribution in [2.24, 2.45) is 5.73 Å². The zero-order valence-corrected chi connectivity index (χ0v) is 11.6. The maximum absolute atomic E-state index is 11.7. The van der Waals surface area contributed by atoms with Crippen molar-refractivity contribution in [2.75, 3.05) is 11.9 Å². The lowest BCUT2D eigenvalue weighted by molar-refractivity contribution is 0.251. The average molecular weight is 290 g/mol. The average Bonchev–Trinajstić information content (AvgIpc) is 2.48. The molecule has 4 N–H and O–H groups in total. The van der Waals surface area contributed by atoms with Gasteiger partial charge in [-0.25, -0.2) is 4.79 Å². The lowest BCUT2D eigenvalue weighted by Gasteiger charge is -2.13. The number of nitrogens with one attached hydrogen (secondary N) is 2. The Bertz CT molecular complexity index is 557. The summed E-state index contributed by atoms with van der Waals surface area (Å²) in [4.78, 5) is 11.7. The molecule has 0 aromatic heterocycles. The molecule has 5 heteroatoms. The number of benzene rings is 2. The van der Waals surface area contributed by atoms with Crippen molar-refractivity contribution in [1.29, 1.82) is 0 Å². The van der Waals surface area contributed by atoms with Crippen molar-refractivity contribution in [3.05, 3.63) is 65.2 Å². The number of rotatable bonds is 4. The normalized spacial score (nSPS) is 11.7. The van der Waals surface area contributed by atoms with Gasteiger partial charge in [-0.15, -0.1) is 0 Å². The minimum atomic E-state index is -0.293. The van der Waals surface area contributed by atoms with Gasteiger partial charge in [-0.05, 0) is 29.8 Å². The van der Waals surface area contributed by atoms with Crippen LogP contribution in [0, 0.1) is 0 Å². The highest BCUT2D eigenvalue weighted by atomic mass is 35.5. The predicted molar refractivity (Wildman–Crippen MR) is 81.8 cm³/mol. The molecule has 1 unspecified atom stereocenters. The summed E-state index contributed by atoms with van der Waals surface area (Å²) in [6, 6.07) is 16.0. The molecule has 2 aromatic rings. The molecule has 1 atom stereocenters. The molecule has 2 rings (SSSR count). The summed E-state index contributed by atoms with van der Waals surface area (Å²) in [6.45, 7) is 0.365. The molecule has 0 radical (unpaired) electrons. The van der Waals surface area contributed by atoms with Gasteiger partial charge in [0.15, 0.2) is 0 Å². The second-order valence-corrected chi connectivity index (χ2v) is 4.80. The first-order valence-corrected chi connectivity index (χ1v) is 6.64. The molecule has 0 saturated carbocycles. The summed E-state index contributed by atoms with van der Waals surface area (Å²) in [6.07, 6.45) is 0. The summed E-state index contributed by atoms with van der Waals surface area (Å²) in [5, 5.41) is 6.07. The third kappa shape index (κ3) is 4.26. The van der Waals surface area contributed by atoms with E-state index < -0.39 is 0 Å². The number of hydrogen-bond donors (Lipinski definition) is 3. The number of amides is 2. The molecule has 0 aliphatic carbocycles. The van der Waals surface area contributed by atoms with Gasteiger partial charge < -0.3 is 16.4 Å². The Kier molecular flexibility index (Phi) is 4.98. The van der Waals surface area contributed by atoms with Gasteiger partial charge >= 0.3 is 6.03 Å². The van der Waals surface area contributed by atoms with Crippen LogP contribution in [0.3, 0.4) is 0 Å². The summed E-state index contributed by atoms with van der Waals surface area (Å²) < 4.78 is 0. The predicted octanol–water partition coefficient (Wildman–Crippen LogP) is 3.16. The summed E-state index contributed by atoms with van der Waals surface area (Å²) in [7, 11) is 0. The highest BCUT2D eigenvalue weighted by Gasteiger charge is 2.07. The van der Waals surface area contributed by atoms with Gasteiger partial charge in [0.25, 0.3) is 0 Å². The van der Waals surface area contributed by atoms with E-state index in [1.165, 1.54) is 0 Å². The van der Waals surface area contributed by atoms with Crippen LogP contribution in [-0.2, 0) is 0 Å². The van der Waals surface area contributed by atoms with E-state index in [1.807, 2.05) is 30.3 Å². The molecule has 2 amide bonds. The van der Waals surface area contributed by atoms with Crippen LogP contribution in [0.1, 0.15) is 11.6 Å². The van der Waals surface area contributed by atoms with Crippen molar-refractivity contribution < 1.29 is 4.79 Å². The van der Waals surface area contributed by atoms with Crippen LogP contribution in [0.15, 0.2) is 54.6 Å². The molecule has 4 nitrogen and oxygen atoms in total. The van der Waals surface area contributed by atoms with Gasteiger partial charge in [-0.2, -0.15) is 0 Å². The molecule has 20 heavy (non-hydrogen) atoms. The van der Waals surface area contributed by atoms with Crippen LogP contribution >= 0.6 is 11.6 Å². The first-order chi connectivity index (χ1) is 9.65. The van der Waals surface area contributed by atoms with Crippen LogP contribution in [-0.4, -0.2) is 12.6 Å². The van der Waals surface area contributed by atoms with Crippen molar-refractivity contribution >= 4 is 23.3 Å². The SMILES string of the molecule is NC(CNC(=O)Nc1ccc(Cl)cc1)c1ccccc1. The van der Waals surface area contributed by atoms with E-state index in [0.29, 0.717) is 17.3 Å². The largest absolute Gasteiger partial charge is 0.336 e. The molecule has 104 valence electrons. The quantitative estimate of drug-likeness (QED) is 0.809. The van der Waals surface area contributed by atoms with E-state index in [-0.39, 0.29) is 12.1 Å². The van der Waals surface area contributed by atoms with E-state index in [9.17, 15) is 4.79 Å². The molecule has 0 spiro atoms. The van der Waals surface area contributed by atoms with E-state index >= 15 is 0 Å². The third-order valence-electron chi connectivity index (χ3n) is 2.81. The molecule has 0 saturated heterocycles. The third-order valence-corrected chi connectivity index (χ3v) is 3.06. The van der Waals surface area contributed by atoms with E-state index in [4.69, 9.17) is 17.3 Å². The Labute approximate surface area is 122 Å². The van der Waals surface area contributed by atoms with Gasteiger partial charge in [-0.3, -0.25) is 0 Å². The fraction of sp³-hybridized carbons (Fsp3) is 0.133. The standard InChI is InChI=1S/C15H16ClN3O/c16-12-6-8-13(9-7-12)19-15(20)18-10-14(17)11-4-2-1-3-5-11/h1-9,14H,10,17H2,(H2,18,19,20). The first-order valence-electron chi connectivity index (χ1n) is 6.26. The Morgan fingerprint density at radius 2 is 1.75 bits per heavy atom. The molecular weight excluding hydrogens is 274 g/mol. The smallest absolute Gasteiger partial charge is 0.319 e. The second kappa shape index (κ2) is 6.93. The second-order valence-electron chi connectivity index (χ2n) is 4.36. The van der Waals surface area contributed by atoms with Crippen molar-refractivity contribution in [3.63, 3.8) is 0 Å². The number of carbonyl (C=O) groups is 1. The minimum absolute atomic E-state index is 0.229. The molecular formula is C15H16ClN3O. The Morgan fingerprint density at radius 3 is 2.40 bits per heavy atom. The van der Waals surface area contributed by atoms with Crippen molar-refractivity contribution in [1.82, 2.24) is 5.32 Å². The van der Waals surface area contributed by atoms with Gasteiger partial charge in [0.05, 0.1) is 0 Å². The maximum Gasteiger partial charge on any atom is 0.319 e. The Balaban J connectivity index is 1.82. The Hall–Kier alpha value is -2.04. The van der Waals surface area contributed by atoms with Gasteiger partial charge in [-0.1, -0.05) is 41.9 Å². The lowest BCUT2D eigenvalue weighted by atomic mass is 10.1. The summed E-state index contributed by atoms with van der Waals surface area (Å²) >= 11 is 5.77. The van der Waals surface area contributed by atoms with Gasteiger partial charge in [0.2, 0.25) is 0 Å². The number of carbonyl (C=O) groups excluding carboxylic acids is 1. The number of halogens is 1. The van der Waals surface area contributed by atoms with E-state index in [0.717, 1.165) is 5.56 Å². The maximum atomic E-state index is 11.7. The van der Waals surface area contributed by atoms with Crippen molar-refractivity contribution in [3.8, 4) is 0 Å². The number of anilines is 1. The van der Waals surface area contributed by atoms with Gasteiger partial charge in [0.1, 0.15) is 0 Å². The highest BCUT2D eigenvalue weighted by Crippen LogP contribution is 2.13. The molecule has 0 aliphatic heterocycles. The highest BCUT2D eigenvalue weighted by molar-refractivity contribution is 6.30. The fourth-order valence-corrected chi connectivity index (χ4v) is 1.86. The minimum Gasteiger partial charge on any atom is -0.336 e. The molecule has 2 aromatic carbocycles. The van der Waals surface area contributed by atoms with Crippen LogP contribution in [0.2, 0.25) is 5.02 Å². The number of nitrogens with two attached hydrogens (primary N) is 1. The summed E-state index contributed by atoms with van der Waals surface area (Å²) in [5.41, 5.74) is 7.66. The molecule has 0 fully saturated rings. The number of urea groups is 1. The van der Waals surface area contributed by atoms with Crippen LogP contribution in [0.4, 0.5) is 10.5 Å². The molecule has 0 heterocycles. The van der Waals surface area contributed by atoms with Crippen LogP contribution < -0.4 is 16.4 Å². The van der Waals surface area contributed by atoms with Crippen LogP contribution in [0.25, 0.3) is 0 Å². The number of hydrogen-bond acceptors (Lipinski definition) is 2. The first kappa shape index (κ1) is 14.4. The lowest BCUT2D eigenvalue weighted by Crippen LogP contribution is -2.34. The Morgan fingerprint density at radius 1 is 1.10 bits per heavy atom. The zero-order valence-electron chi connectivity index (χ0n) is 10.8. The monoisotopic (exact) mass is 289 g/mol. The molecule has 0 bridgehead atoms. The van der Waals surface area contributed by atoms with Gasteiger partial charge in [0, 0.05) is 23.3 Å². The summed E-state index contributed by atoms with van der Waals surface area (Å²) in [5.74, 6) is 0. The van der Waals surface area contributed by atoms with E-state index in [1.54, 1.807) is 24.3 Å². The van der Waals surface area contributed by atoms with Crippen molar-refractivity contribution in [2.45, 2.75) is 6.04 Å². The zero-order chi connectivity index (χ0) is 14.4. The molecule has 0 aliphatic rings. The van der Waals surface area contributed by atoms with E-state index in [2.05, 4.69) is 10.6 Å². The fourth-order valence-electron chi connectivity index (χ4n) is 1.73. The van der Waals surface area contributed by atoms with Crippen LogP contribution in [0.5, 0.6) is 0 Å².